The summed E-state index contributed by atoms with van der Waals surface area (Å²) in [7, 11) is 0. The number of hydrogen-bond acceptors (Lipinski definition) is 3. The molecule has 0 aliphatic carbocycles. The van der Waals surface area contributed by atoms with Crippen LogP contribution >= 0.6 is 0 Å². The van der Waals surface area contributed by atoms with Gasteiger partial charge in [0.25, 0.3) is 0 Å². The minimum absolute atomic E-state index is 0.211. The van der Waals surface area contributed by atoms with Crippen molar-refractivity contribution in [1.82, 2.24) is 4.90 Å². The molecule has 3 heteroatoms. The number of aliphatic hydroxyl groups excluding tert-OH is 1. The number of rotatable bonds is 2. The molecule has 1 aromatic rings. The molecule has 3 nitrogen and oxygen atoms in total. The van der Waals surface area contributed by atoms with Gasteiger partial charge >= 0.3 is 0 Å². The quantitative estimate of drug-likeness (QED) is 0.866. The maximum atomic E-state index is 9.89. The van der Waals surface area contributed by atoms with Crippen LogP contribution in [0.4, 0.5) is 0 Å². The van der Waals surface area contributed by atoms with Crippen LogP contribution in [-0.2, 0) is 6.54 Å². The van der Waals surface area contributed by atoms with Crippen LogP contribution in [0.5, 0.6) is 0 Å². The molecule has 1 N–H and O–H groups in total. The van der Waals surface area contributed by atoms with E-state index in [-0.39, 0.29) is 6.10 Å². The van der Waals surface area contributed by atoms with Crippen molar-refractivity contribution in [1.29, 1.82) is 5.26 Å². The molecule has 0 aromatic heterocycles. The lowest BCUT2D eigenvalue weighted by Gasteiger charge is -2.34. The Hall–Kier alpha value is -1.37. The third-order valence-corrected chi connectivity index (χ3v) is 3.87. The van der Waals surface area contributed by atoms with E-state index in [4.69, 9.17) is 5.26 Å². The highest BCUT2D eigenvalue weighted by molar-refractivity contribution is 5.37. The monoisotopic (exact) mass is 244 g/mol. The van der Waals surface area contributed by atoms with Crippen molar-refractivity contribution in [3.63, 3.8) is 0 Å². The number of nitriles is 1. The molecule has 0 amide bonds. The number of hydrogen-bond donors (Lipinski definition) is 1. The molecule has 0 radical (unpaired) electrons. The first-order chi connectivity index (χ1) is 8.60. The average Bonchev–Trinajstić information content (AvgIpc) is 2.36. The van der Waals surface area contributed by atoms with E-state index in [0.717, 1.165) is 31.6 Å². The van der Waals surface area contributed by atoms with Gasteiger partial charge in [0.05, 0.1) is 17.7 Å². The molecule has 0 saturated carbocycles. The summed E-state index contributed by atoms with van der Waals surface area (Å²) in [5, 5.41) is 18.7. The number of nitrogens with zero attached hydrogens (tertiary/aromatic N) is 2. The zero-order valence-corrected chi connectivity index (χ0v) is 11.1. The fraction of sp³-hybridized carbons (Fsp3) is 0.533. The number of piperidine rings is 1. The lowest BCUT2D eigenvalue weighted by atomic mass is 9.95. The lowest BCUT2D eigenvalue weighted by molar-refractivity contribution is 0.0258. The molecule has 1 aliphatic rings. The maximum Gasteiger partial charge on any atom is 0.0991 e. The highest BCUT2D eigenvalue weighted by Gasteiger charge is 2.24. The predicted octanol–water partition coefficient (Wildman–Crippen LogP) is 2.07. The van der Waals surface area contributed by atoms with Crippen LogP contribution < -0.4 is 0 Å². The third-order valence-electron chi connectivity index (χ3n) is 3.87. The van der Waals surface area contributed by atoms with Crippen molar-refractivity contribution >= 4 is 0 Å². The van der Waals surface area contributed by atoms with Crippen LogP contribution in [0.15, 0.2) is 18.2 Å². The molecule has 96 valence electrons. The second-order valence-electron chi connectivity index (χ2n) is 5.32. The first-order valence-corrected chi connectivity index (χ1v) is 6.50. The Morgan fingerprint density at radius 3 is 2.89 bits per heavy atom. The first-order valence-electron chi connectivity index (χ1n) is 6.50. The summed E-state index contributed by atoms with van der Waals surface area (Å²) in [4.78, 5) is 2.29. The van der Waals surface area contributed by atoms with Crippen LogP contribution in [0.25, 0.3) is 0 Å². The Morgan fingerprint density at radius 1 is 1.50 bits per heavy atom. The molecular weight excluding hydrogens is 224 g/mol. The Labute approximate surface area is 109 Å². The zero-order chi connectivity index (χ0) is 13.1. The van der Waals surface area contributed by atoms with Crippen LogP contribution in [0, 0.1) is 24.2 Å². The van der Waals surface area contributed by atoms with E-state index in [2.05, 4.69) is 17.9 Å². The molecule has 1 heterocycles. The number of aryl methyl sites for hydroxylation is 1. The van der Waals surface area contributed by atoms with Crippen molar-refractivity contribution in [3.05, 3.63) is 34.9 Å². The van der Waals surface area contributed by atoms with E-state index in [1.807, 2.05) is 25.1 Å². The molecule has 0 spiro atoms. The van der Waals surface area contributed by atoms with Crippen LogP contribution in [0.3, 0.4) is 0 Å². The van der Waals surface area contributed by atoms with Gasteiger partial charge in [0.15, 0.2) is 0 Å². The summed E-state index contributed by atoms with van der Waals surface area (Å²) in [6.45, 7) is 6.80. The van der Waals surface area contributed by atoms with Gasteiger partial charge in [-0.15, -0.1) is 0 Å². The van der Waals surface area contributed by atoms with E-state index in [1.165, 1.54) is 5.56 Å². The fourth-order valence-electron chi connectivity index (χ4n) is 2.44. The standard InChI is InChI=1S/C15H20N2O/c1-11-5-6-17(10-15(11)18)9-14-4-3-13(8-16)7-12(14)2/h3-4,7,11,15,18H,5-6,9-10H2,1-2H3. The first kappa shape index (κ1) is 13.1. The third kappa shape index (κ3) is 2.90. The summed E-state index contributed by atoms with van der Waals surface area (Å²) < 4.78 is 0. The SMILES string of the molecule is Cc1cc(C#N)ccc1CN1CCC(C)C(O)C1. The number of benzene rings is 1. The largest absolute Gasteiger partial charge is 0.392 e. The highest BCUT2D eigenvalue weighted by atomic mass is 16.3. The second kappa shape index (κ2) is 5.51. The smallest absolute Gasteiger partial charge is 0.0991 e. The lowest BCUT2D eigenvalue weighted by Crippen LogP contribution is -2.42. The van der Waals surface area contributed by atoms with Gasteiger partial charge in [0.2, 0.25) is 0 Å². The van der Waals surface area contributed by atoms with Crippen molar-refractivity contribution in [2.45, 2.75) is 32.9 Å². The Kier molecular flexibility index (Phi) is 4.00. The maximum absolute atomic E-state index is 9.89. The van der Waals surface area contributed by atoms with Crippen LogP contribution in [0.2, 0.25) is 0 Å². The molecular formula is C15H20N2O. The number of likely N-dealkylation sites (tertiary alicyclic amines) is 1. The van der Waals surface area contributed by atoms with E-state index in [1.54, 1.807) is 0 Å². The summed E-state index contributed by atoms with van der Waals surface area (Å²) in [5.74, 6) is 0.406. The van der Waals surface area contributed by atoms with Crippen molar-refractivity contribution < 1.29 is 5.11 Å². The van der Waals surface area contributed by atoms with Gasteiger partial charge in [-0.25, -0.2) is 0 Å². The van der Waals surface area contributed by atoms with Crippen LogP contribution in [-0.4, -0.2) is 29.2 Å². The van der Waals surface area contributed by atoms with Gasteiger partial charge in [-0.05, 0) is 49.1 Å². The van der Waals surface area contributed by atoms with Gasteiger partial charge in [-0.1, -0.05) is 13.0 Å². The van der Waals surface area contributed by atoms with Crippen molar-refractivity contribution in [2.24, 2.45) is 5.92 Å². The van der Waals surface area contributed by atoms with E-state index in [9.17, 15) is 5.11 Å². The zero-order valence-electron chi connectivity index (χ0n) is 11.1. The minimum Gasteiger partial charge on any atom is -0.392 e. The van der Waals surface area contributed by atoms with Gasteiger partial charge in [-0.3, -0.25) is 4.90 Å². The average molecular weight is 244 g/mol. The summed E-state index contributed by atoms with van der Waals surface area (Å²) in [5.41, 5.74) is 3.11. The number of aliphatic hydroxyl groups is 1. The molecule has 0 bridgehead atoms. The minimum atomic E-state index is -0.211. The molecule has 2 unspecified atom stereocenters. The molecule has 1 saturated heterocycles. The second-order valence-corrected chi connectivity index (χ2v) is 5.32. The van der Waals surface area contributed by atoms with Gasteiger partial charge in [-0.2, -0.15) is 5.26 Å². The Balaban J connectivity index is 2.04. The molecule has 18 heavy (non-hydrogen) atoms. The summed E-state index contributed by atoms with van der Waals surface area (Å²) in [6, 6.07) is 7.98. The molecule has 1 aliphatic heterocycles. The predicted molar refractivity (Wildman–Crippen MR) is 71.0 cm³/mol. The fourth-order valence-corrected chi connectivity index (χ4v) is 2.44. The Morgan fingerprint density at radius 2 is 2.28 bits per heavy atom. The van der Waals surface area contributed by atoms with Gasteiger partial charge in [0, 0.05) is 13.1 Å². The van der Waals surface area contributed by atoms with E-state index in [0.29, 0.717) is 11.5 Å². The molecule has 1 fully saturated rings. The van der Waals surface area contributed by atoms with Crippen LogP contribution in [0.1, 0.15) is 30.0 Å². The van der Waals surface area contributed by atoms with Crippen molar-refractivity contribution in [2.75, 3.05) is 13.1 Å². The van der Waals surface area contributed by atoms with E-state index >= 15 is 0 Å². The summed E-state index contributed by atoms with van der Waals surface area (Å²) in [6.07, 6.45) is 0.841. The van der Waals surface area contributed by atoms with Crippen molar-refractivity contribution in [3.8, 4) is 6.07 Å². The molecule has 2 rings (SSSR count). The molecule has 2 atom stereocenters. The highest BCUT2D eigenvalue weighted by Crippen LogP contribution is 2.20. The Bertz CT molecular complexity index is 464. The molecule has 1 aromatic carbocycles. The topological polar surface area (TPSA) is 47.3 Å². The summed E-state index contributed by atoms with van der Waals surface area (Å²) >= 11 is 0. The van der Waals surface area contributed by atoms with E-state index < -0.39 is 0 Å². The normalized spacial score (nSPS) is 24.8. The van der Waals surface area contributed by atoms with Gasteiger partial charge < -0.3 is 5.11 Å². The van der Waals surface area contributed by atoms with Gasteiger partial charge in [0.1, 0.15) is 0 Å². The number of β-amino-alcohol motifs (C(OH)–C–C–N with tert-alkyl or cyclic N) is 1.